The lowest BCUT2D eigenvalue weighted by Gasteiger charge is -2.23. The van der Waals surface area contributed by atoms with Gasteiger partial charge in [-0.05, 0) is 12.1 Å². The predicted molar refractivity (Wildman–Crippen MR) is 62.2 cm³/mol. The Kier molecular flexibility index (Phi) is 5.01. The lowest BCUT2D eigenvalue weighted by atomic mass is 10.2. The summed E-state index contributed by atoms with van der Waals surface area (Å²) >= 11 is 0. The number of anilines is 1. The third-order valence-corrected chi connectivity index (χ3v) is 2.37. The Hall–Kier alpha value is -1.71. The van der Waals surface area contributed by atoms with Gasteiger partial charge in [-0.2, -0.15) is 5.26 Å². The van der Waals surface area contributed by atoms with Crippen LogP contribution in [0.5, 0.6) is 0 Å². The van der Waals surface area contributed by atoms with Gasteiger partial charge in [0.05, 0.1) is 24.3 Å². The summed E-state index contributed by atoms with van der Waals surface area (Å²) in [6.45, 7) is 0.0947. The molecule has 98 valence electrons. The second-order valence-corrected chi connectivity index (χ2v) is 3.89. The number of nitriles is 1. The van der Waals surface area contributed by atoms with Gasteiger partial charge in [-0.15, -0.1) is 0 Å². The van der Waals surface area contributed by atoms with Crippen LogP contribution >= 0.6 is 0 Å². The molecule has 0 bridgehead atoms. The molecule has 0 amide bonds. The summed E-state index contributed by atoms with van der Waals surface area (Å²) in [5.41, 5.74) is -0.358. The number of methoxy groups -OCH3 is 1. The van der Waals surface area contributed by atoms with Crippen molar-refractivity contribution in [3.05, 3.63) is 29.3 Å². The normalized spacial score (nSPS) is 12.0. The van der Waals surface area contributed by atoms with Crippen LogP contribution in [-0.2, 0) is 4.74 Å². The first kappa shape index (κ1) is 14.4. The minimum absolute atomic E-state index is 0.0214. The summed E-state index contributed by atoms with van der Waals surface area (Å²) in [7, 11) is 2.87. The Morgan fingerprint density at radius 1 is 1.44 bits per heavy atom. The summed E-state index contributed by atoms with van der Waals surface area (Å²) in [6.07, 6.45) is -0.852. The van der Waals surface area contributed by atoms with Gasteiger partial charge in [-0.3, -0.25) is 0 Å². The molecule has 1 aromatic carbocycles. The fraction of sp³-hybridized carbons (Fsp3) is 0.417. The van der Waals surface area contributed by atoms with Gasteiger partial charge in [0.25, 0.3) is 0 Å². The van der Waals surface area contributed by atoms with E-state index in [0.717, 1.165) is 12.1 Å². The van der Waals surface area contributed by atoms with Crippen LogP contribution in [0.15, 0.2) is 12.1 Å². The second-order valence-electron chi connectivity index (χ2n) is 3.89. The van der Waals surface area contributed by atoms with Gasteiger partial charge in [0.2, 0.25) is 0 Å². The summed E-state index contributed by atoms with van der Waals surface area (Å²) in [4.78, 5) is 1.25. The smallest absolute Gasteiger partial charge is 0.150 e. The minimum atomic E-state index is -0.852. The van der Waals surface area contributed by atoms with E-state index in [4.69, 9.17) is 10.00 Å². The van der Waals surface area contributed by atoms with E-state index >= 15 is 0 Å². The molecule has 0 aliphatic carbocycles. The molecule has 1 N–H and O–H groups in total. The van der Waals surface area contributed by atoms with Crippen LogP contribution in [0.1, 0.15) is 5.56 Å². The number of hydrogen-bond donors (Lipinski definition) is 1. The largest absolute Gasteiger partial charge is 0.389 e. The molecule has 0 aliphatic heterocycles. The Morgan fingerprint density at radius 3 is 2.44 bits per heavy atom. The molecule has 1 atom stereocenters. The van der Waals surface area contributed by atoms with Crippen molar-refractivity contribution in [1.82, 2.24) is 0 Å². The Balaban J connectivity index is 2.93. The number of benzene rings is 1. The lowest BCUT2D eigenvalue weighted by molar-refractivity contribution is 0.0693. The van der Waals surface area contributed by atoms with Crippen LogP contribution in [0.25, 0.3) is 0 Å². The van der Waals surface area contributed by atoms with Gasteiger partial charge in [0.1, 0.15) is 5.69 Å². The highest BCUT2D eigenvalue weighted by atomic mass is 19.1. The molecule has 0 heterocycles. The van der Waals surface area contributed by atoms with Gasteiger partial charge < -0.3 is 14.7 Å². The highest BCUT2D eigenvalue weighted by Gasteiger charge is 2.17. The van der Waals surface area contributed by atoms with Crippen molar-refractivity contribution < 1.29 is 18.6 Å². The number of ether oxygens (including phenoxy) is 1. The molecule has 0 saturated carbocycles. The van der Waals surface area contributed by atoms with E-state index in [9.17, 15) is 13.9 Å². The topological polar surface area (TPSA) is 56.5 Å². The van der Waals surface area contributed by atoms with Crippen LogP contribution in [0.4, 0.5) is 14.5 Å². The van der Waals surface area contributed by atoms with Crippen LogP contribution in [0.3, 0.4) is 0 Å². The summed E-state index contributed by atoms with van der Waals surface area (Å²) in [6, 6.07) is 3.58. The van der Waals surface area contributed by atoms with E-state index < -0.39 is 17.7 Å². The molecule has 0 aliphatic rings. The first-order valence-corrected chi connectivity index (χ1v) is 5.26. The van der Waals surface area contributed by atoms with E-state index in [0.29, 0.717) is 0 Å². The molecule has 0 aromatic heterocycles. The van der Waals surface area contributed by atoms with Gasteiger partial charge in [0.15, 0.2) is 11.6 Å². The predicted octanol–water partition coefficient (Wildman–Crippen LogP) is 1.28. The van der Waals surface area contributed by atoms with Gasteiger partial charge in [-0.1, -0.05) is 0 Å². The molecule has 6 heteroatoms. The summed E-state index contributed by atoms with van der Waals surface area (Å²) in [5, 5.41) is 18.1. The van der Waals surface area contributed by atoms with E-state index in [-0.39, 0.29) is 24.4 Å². The van der Waals surface area contributed by atoms with E-state index in [1.54, 1.807) is 6.07 Å². The van der Waals surface area contributed by atoms with Crippen molar-refractivity contribution >= 4 is 5.69 Å². The Bertz CT molecular complexity index is 437. The van der Waals surface area contributed by atoms with Crippen molar-refractivity contribution in [2.75, 3.05) is 32.2 Å². The number of aliphatic hydroxyl groups excluding tert-OH is 1. The lowest BCUT2D eigenvalue weighted by Crippen LogP contribution is -2.33. The maximum Gasteiger partial charge on any atom is 0.150 e. The molecule has 1 aromatic rings. The van der Waals surface area contributed by atoms with E-state index in [1.807, 2.05) is 0 Å². The van der Waals surface area contributed by atoms with E-state index in [1.165, 1.54) is 19.1 Å². The molecule has 0 radical (unpaired) electrons. The van der Waals surface area contributed by atoms with Gasteiger partial charge in [-0.25, -0.2) is 8.78 Å². The fourth-order valence-electron chi connectivity index (χ4n) is 1.65. The monoisotopic (exact) mass is 256 g/mol. The third kappa shape index (κ3) is 3.39. The number of nitrogens with zero attached hydrogens (tertiary/aromatic N) is 2. The zero-order valence-electron chi connectivity index (χ0n) is 10.2. The minimum Gasteiger partial charge on any atom is -0.389 e. The molecule has 4 nitrogen and oxygen atoms in total. The number of hydrogen-bond acceptors (Lipinski definition) is 4. The van der Waals surface area contributed by atoms with Gasteiger partial charge >= 0.3 is 0 Å². The van der Waals surface area contributed by atoms with Crippen molar-refractivity contribution in [3.8, 4) is 6.07 Å². The van der Waals surface area contributed by atoms with E-state index in [2.05, 4.69) is 0 Å². The Labute approximate surface area is 104 Å². The zero-order chi connectivity index (χ0) is 13.7. The van der Waals surface area contributed by atoms with Crippen LogP contribution in [0, 0.1) is 23.0 Å². The first-order chi connectivity index (χ1) is 8.49. The third-order valence-electron chi connectivity index (χ3n) is 2.37. The number of halogens is 2. The second kappa shape index (κ2) is 6.28. The van der Waals surface area contributed by atoms with Crippen LogP contribution in [-0.4, -0.2) is 38.5 Å². The molecule has 1 unspecified atom stereocenters. The molecule has 18 heavy (non-hydrogen) atoms. The van der Waals surface area contributed by atoms with Crippen molar-refractivity contribution in [3.63, 3.8) is 0 Å². The molecule has 0 spiro atoms. The average Bonchev–Trinajstić information content (AvgIpc) is 2.27. The van der Waals surface area contributed by atoms with Crippen LogP contribution < -0.4 is 4.90 Å². The number of likely N-dealkylation sites (N-methyl/N-ethyl adjacent to an activating group) is 1. The standard InChI is InChI=1S/C12H14F2N2O2/c1-16(6-9(17)7-18-2)12-10(13)3-8(5-15)4-11(12)14/h3-4,9,17H,6-7H2,1-2H3. The summed E-state index contributed by atoms with van der Waals surface area (Å²) in [5.74, 6) is -1.67. The molecular formula is C12H14F2N2O2. The molecule has 0 fully saturated rings. The highest BCUT2D eigenvalue weighted by molar-refractivity contribution is 5.52. The average molecular weight is 256 g/mol. The quantitative estimate of drug-likeness (QED) is 0.862. The van der Waals surface area contributed by atoms with Crippen molar-refractivity contribution in [2.24, 2.45) is 0 Å². The number of aliphatic hydroxyl groups is 1. The fourth-order valence-corrected chi connectivity index (χ4v) is 1.65. The maximum atomic E-state index is 13.6. The zero-order valence-corrected chi connectivity index (χ0v) is 10.2. The molecular weight excluding hydrogens is 242 g/mol. The Morgan fingerprint density at radius 2 is 2.00 bits per heavy atom. The van der Waals surface area contributed by atoms with Crippen molar-refractivity contribution in [1.29, 1.82) is 5.26 Å². The molecule has 1 rings (SSSR count). The van der Waals surface area contributed by atoms with Crippen LogP contribution in [0.2, 0.25) is 0 Å². The highest BCUT2D eigenvalue weighted by Crippen LogP contribution is 2.24. The summed E-state index contributed by atoms with van der Waals surface area (Å²) < 4.78 is 32.0. The number of rotatable bonds is 5. The first-order valence-electron chi connectivity index (χ1n) is 5.26. The SMILES string of the molecule is COCC(O)CN(C)c1c(F)cc(C#N)cc1F. The van der Waals surface area contributed by atoms with Crippen molar-refractivity contribution in [2.45, 2.75) is 6.10 Å². The molecule has 0 saturated heterocycles. The van der Waals surface area contributed by atoms with Gasteiger partial charge in [0, 0.05) is 20.7 Å². The maximum absolute atomic E-state index is 13.6.